The standard InChI is InChI=1S/C13H8Br2N2S/c14-8-2-1-3-10(6-8)16-13-17-11-5-4-9(15)7-12(11)18-13/h1-7H,(H,16,17). The number of halogens is 2. The highest BCUT2D eigenvalue weighted by molar-refractivity contribution is 9.10. The molecule has 18 heavy (non-hydrogen) atoms. The van der Waals surface area contributed by atoms with Crippen molar-refractivity contribution in [1.29, 1.82) is 0 Å². The fourth-order valence-electron chi connectivity index (χ4n) is 1.64. The molecule has 0 aliphatic rings. The first kappa shape index (κ1) is 12.1. The SMILES string of the molecule is Brc1cccc(Nc2nc3ccc(Br)cc3s2)c1. The Labute approximate surface area is 125 Å². The summed E-state index contributed by atoms with van der Waals surface area (Å²) in [7, 11) is 0. The fraction of sp³-hybridized carbons (Fsp3) is 0. The van der Waals surface area contributed by atoms with Crippen molar-refractivity contribution in [3.05, 3.63) is 51.4 Å². The molecule has 2 aromatic carbocycles. The molecule has 1 heterocycles. The average molecular weight is 384 g/mol. The summed E-state index contributed by atoms with van der Waals surface area (Å²) in [5.74, 6) is 0. The van der Waals surface area contributed by atoms with Crippen molar-refractivity contribution in [2.75, 3.05) is 5.32 Å². The van der Waals surface area contributed by atoms with E-state index in [2.05, 4.69) is 48.2 Å². The van der Waals surface area contributed by atoms with Crippen LogP contribution in [-0.4, -0.2) is 4.98 Å². The molecule has 0 aliphatic carbocycles. The van der Waals surface area contributed by atoms with E-state index in [9.17, 15) is 0 Å². The Morgan fingerprint density at radius 2 is 1.83 bits per heavy atom. The summed E-state index contributed by atoms with van der Waals surface area (Å²) in [5, 5.41) is 4.22. The van der Waals surface area contributed by atoms with Gasteiger partial charge in [0, 0.05) is 14.6 Å². The Morgan fingerprint density at radius 3 is 2.67 bits per heavy atom. The summed E-state index contributed by atoms with van der Waals surface area (Å²) in [6.45, 7) is 0. The molecule has 0 saturated heterocycles. The van der Waals surface area contributed by atoms with E-state index in [1.165, 1.54) is 4.70 Å². The summed E-state index contributed by atoms with van der Waals surface area (Å²) in [6.07, 6.45) is 0. The first-order valence-corrected chi connectivity index (χ1v) is 7.70. The number of aromatic nitrogens is 1. The molecule has 0 aliphatic heterocycles. The second-order valence-corrected chi connectivity index (χ2v) is 6.63. The van der Waals surface area contributed by atoms with E-state index >= 15 is 0 Å². The van der Waals surface area contributed by atoms with Gasteiger partial charge in [0.05, 0.1) is 10.2 Å². The summed E-state index contributed by atoms with van der Waals surface area (Å²) < 4.78 is 3.30. The lowest BCUT2D eigenvalue weighted by atomic mass is 10.3. The zero-order chi connectivity index (χ0) is 12.5. The number of hydrogen-bond acceptors (Lipinski definition) is 3. The van der Waals surface area contributed by atoms with E-state index in [-0.39, 0.29) is 0 Å². The Balaban J connectivity index is 1.95. The molecule has 0 bridgehead atoms. The van der Waals surface area contributed by atoms with Gasteiger partial charge in [0.1, 0.15) is 0 Å². The van der Waals surface area contributed by atoms with Gasteiger partial charge in [0.2, 0.25) is 0 Å². The van der Waals surface area contributed by atoms with Gasteiger partial charge in [-0.3, -0.25) is 0 Å². The van der Waals surface area contributed by atoms with Crippen LogP contribution in [0.5, 0.6) is 0 Å². The van der Waals surface area contributed by atoms with E-state index in [1.807, 2.05) is 36.4 Å². The predicted molar refractivity (Wildman–Crippen MR) is 84.7 cm³/mol. The summed E-state index contributed by atoms with van der Waals surface area (Å²) in [6, 6.07) is 14.2. The van der Waals surface area contributed by atoms with Crippen molar-refractivity contribution in [2.24, 2.45) is 0 Å². The molecule has 2 nitrogen and oxygen atoms in total. The molecule has 0 saturated carbocycles. The van der Waals surface area contributed by atoms with Crippen molar-refractivity contribution in [3.8, 4) is 0 Å². The minimum Gasteiger partial charge on any atom is -0.331 e. The molecular formula is C13H8Br2N2S. The lowest BCUT2D eigenvalue weighted by Crippen LogP contribution is -1.88. The number of rotatable bonds is 2. The molecule has 0 spiro atoms. The van der Waals surface area contributed by atoms with Crippen LogP contribution in [0.4, 0.5) is 10.8 Å². The van der Waals surface area contributed by atoms with Crippen molar-refractivity contribution in [2.45, 2.75) is 0 Å². The number of thiazole rings is 1. The molecule has 0 atom stereocenters. The number of nitrogens with one attached hydrogen (secondary N) is 1. The van der Waals surface area contributed by atoms with E-state index in [0.29, 0.717) is 0 Å². The van der Waals surface area contributed by atoms with Crippen LogP contribution in [0.2, 0.25) is 0 Å². The van der Waals surface area contributed by atoms with Crippen LogP contribution in [0.1, 0.15) is 0 Å². The van der Waals surface area contributed by atoms with Gasteiger partial charge in [-0.2, -0.15) is 0 Å². The number of anilines is 2. The highest BCUT2D eigenvalue weighted by Gasteiger charge is 2.04. The number of fused-ring (bicyclic) bond motifs is 1. The van der Waals surface area contributed by atoms with Crippen LogP contribution < -0.4 is 5.32 Å². The van der Waals surface area contributed by atoms with Gasteiger partial charge in [-0.05, 0) is 36.4 Å². The van der Waals surface area contributed by atoms with Gasteiger partial charge >= 0.3 is 0 Å². The average Bonchev–Trinajstić information content (AvgIpc) is 2.70. The molecular weight excluding hydrogens is 376 g/mol. The Morgan fingerprint density at radius 1 is 1.00 bits per heavy atom. The third kappa shape index (κ3) is 2.58. The molecule has 0 radical (unpaired) electrons. The largest absolute Gasteiger partial charge is 0.331 e. The topological polar surface area (TPSA) is 24.9 Å². The van der Waals surface area contributed by atoms with E-state index in [0.717, 1.165) is 25.3 Å². The molecule has 3 aromatic rings. The first-order chi connectivity index (χ1) is 8.70. The lowest BCUT2D eigenvalue weighted by Gasteiger charge is -2.01. The van der Waals surface area contributed by atoms with Crippen molar-refractivity contribution >= 4 is 64.2 Å². The van der Waals surface area contributed by atoms with Crippen LogP contribution in [0.3, 0.4) is 0 Å². The van der Waals surface area contributed by atoms with Crippen LogP contribution in [0.15, 0.2) is 51.4 Å². The number of hydrogen-bond donors (Lipinski definition) is 1. The van der Waals surface area contributed by atoms with Crippen molar-refractivity contribution in [3.63, 3.8) is 0 Å². The minimum atomic E-state index is 0.904. The normalized spacial score (nSPS) is 10.8. The second kappa shape index (κ2) is 4.99. The Hall–Kier alpha value is -0.910. The third-order valence-electron chi connectivity index (χ3n) is 2.43. The molecule has 3 rings (SSSR count). The molecule has 1 aromatic heterocycles. The van der Waals surface area contributed by atoms with Crippen molar-refractivity contribution in [1.82, 2.24) is 4.98 Å². The monoisotopic (exact) mass is 382 g/mol. The molecule has 1 N–H and O–H groups in total. The maximum atomic E-state index is 4.55. The lowest BCUT2D eigenvalue weighted by molar-refractivity contribution is 1.44. The van der Waals surface area contributed by atoms with E-state index < -0.39 is 0 Å². The summed E-state index contributed by atoms with van der Waals surface area (Å²) >= 11 is 8.57. The highest BCUT2D eigenvalue weighted by Crippen LogP contribution is 2.30. The molecule has 5 heteroatoms. The maximum absolute atomic E-state index is 4.55. The summed E-state index contributed by atoms with van der Waals surface area (Å²) in [4.78, 5) is 4.55. The predicted octanol–water partition coefficient (Wildman–Crippen LogP) is 5.56. The first-order valence-electron chi connectivity index (χ1n) is 5.29. The van der Waals surface area contributed by atoms with Crippen LogP contribution in [0, 0.1) is 0 Å². The Bertz CT molecular complexity index is 709. The fourth-order valence-corrected chi connectivity index (χ4v) is 3.48. The van der Waals surface area contributed by atoms with Gasteiger partial charge in [-0.15, -0.1) is 0 Å². The van der Waals surface area contributed by atoms with E-state index in [4.69, 9.17) is 0 Å². The minimum absolute atomic E-state index is 0.904. The van der Waals surface area contributed by atoms with Gasteiger partial charge in [0.15, 0.2) is 5.13 Å². The summed E-state index contributed by atoms with van der Waals surface area (Å²) in [5.41, 5.74) is 2.04. The second-order valence-electron chi connectivity index (χ2n) is 3.77. The number of nitrogens with zero attached hydrogens (tertiary/aromatic N) is 1. The van der Waals surface area contributed by atoms with Gasteiger partial charge in [-0.1, -0.05) is 49.3 Å². The third-order valence-corrected chi connectivity index (χ3v) is 4.35. The Kier molecular flexibility index (Phi) is 3.37. The van der Waals surface area contributed by atoms with Crippen LogP contribution >= 0.6 is 43.2 Å². The molecule has 0 fully saturated rings. The van der Waals surface area contributed by atoms with Crippen LogP contribution in [-0.2, 0) is 0 Å². The number of benzene rings is 2. The van der Waals surface area contributed by atoms with E-state index in [1.54, 1.807) is 11.3 Å². The zero-order valence-corrected chi connectivity index (χ0v) is 13.1. The van der Waals surface area contributed by atoms with Gasteiger partial charge in [0.25, 0.3) is 0 Å². The quantitative estimate of drug-likeness (QED) is 0.626. The van der Waals surface area contributed by atoms with Crippen molar-refractivity contribution < 1.29 is 0 Å². The van der Waals surface area contributed by atoms with Gasteiger partial charge in [-0.25, -0.2) is 4.98 Å². The van der Waals surface area contributed by atoms with Gasteiger partial charge < -0.3 is 5.32 Å². The highest BCUT2D eigenvalue weighted by atomic mass is 79.9. The molecule has 0 unspecified atom stereocenters. The smallest absolute Gasteiger partial charge is 0.188 e. The molecule has 90 valence electrons. The maximum Gasteiger partial charge on any atom is 0.188 e. The zero-order valence-electron chi connectivity index (χ0n) is 9.15. The van der Waals surface area contributed by atoms with Crippen LogP contribution in [0.25, 0.3) is 10.2 Å². The molecule has 0 amide bonds.